The zero-order valence-corrected chi connectivity index (χ0v) is 9.11. The summed E-state index contributed by atoms with van der Waals surface area (Å²) in [5.74, 6) is 0.0261. The Labute approximate surface area is 96.7 Å². The van der Waals surface area contributed by atoms with Crippen molar-refractivity contribution in [2.24, 2.45) is 5.73 Å². The van der Waals surface area contributed by atoms with Crippen LogP contribution in [0.15, 0.2) is 47.0 Å². The number of hydrogen-bond acceptors (Lipinski definition) is 5. The van der Waals surface area contributed by atoms with Crippen molar-refractivity contribution in [3.05, 3.63) is 42.4 Å². The lowest BCUT2D eigenvalue weighted by molar-refractivity contribution is 0.960. The summed E-state index contributed by atoms with van der Waals surface area (Å²) >= 11 is 1.33. The standard InChI is InChI=1S/C10H9N5S/c11-9(12)7-2-5-13-8(6-7)16-10-14-3-1-4-15-10/h1-6H,(H3,11,12). The summed E-state index contributed by atoms with van der Waals surface area (Å²) in [6.45, 7) is 0. The van der Waals surface area contributed by atoms with Crippen LogP contribution in [0.3, 0.4) is 0 Å². The van der Waals surface area contributed by atoms with Gasteiger partial charge in [0.25, 0.3) is 0 Å². The van der Waals surface area contributed by atoms with Crippen LogP contribution in [0.25, 0.3) is 0 Å². The number of rotatable bonds is 3. The fraction of sp³-hybridized carbons (Fsp3) is 0. The largest absolute Gasteiger partial charge is 0.384 e. The number of pyridine rings is 1. The predicted octanol–water partition coefficient (Wildman–Crippen LogP) is 1.31. The average molecular weight is 231 g/mol. The van der Waals surface area contributed by atoms with Crippen molar-refractivity contribution >= 4 is 17.6 Å². The summed E-state index contributed by atoms with van der Waals surface area (Å²) in [5, 5.41) is 8.66. The first kappa shape index (κ1) is 10.6. The van der Waals surface area contributed by atoms with E-state index in [-0.39, 0.29) is 5.84 Å². The molecule has 0 atom stereocenters. The molecule has 5 nitrogen and oxygen atoms in total. The van der Waals surface area contributed by atoms with E-state index in [1.165, 1.54) is 11.8 Å². The quantitative estimate of drug-likeness (QED) is 0.472. The van der Waals surface area contributed by atoms with Gasteiger partial charge >= 0.3 is 0 Å². The highest BCUT2D eigenvalue weighted by molar-refractivity contribution is 7.99. The Bertz CT molecular complexity index is 500. The first-order chi connectivity index (χ1) is 7.75. The highest BCUT2D eigenvalue weighted by Gasteiger charge is 2.03. The van der Waals surface area contributed by atoms with Gasteiger partial charge in [-0.3, -0.25) is 5.41 Å². The van der Waals surface area contributed by atoms with Crippen molar-refractivity contribution in [1.29, 1.82) is 5.41 Å². The molecule has 0 amide bonds. The molecule has 2 aromatic heterocycles. The second-order valence-electron chi connectivity index (χ2n) is 2.93. The van der Waals surface area contributed by atoms with Crippen LogP contribution in [-0.4, -0.2) is 20.8 Å². The smallest absolute Gasteiger partial charge is 0.193 e. The highest BCUT2D eigenvalue weighted by atomic mass is 32.2. The third-order valence-electron chi connectivity index (χ3n) is 1.78. The van der Waals surface area contributed by atoms with Gasteiger partial charge in [-0.15, -0.1) is 0 Å². The van der Waals surface area contributed by atoms with Crippen molar-refractivity contribution in [1.82, 2.24) is 15.0 Å². The van der Waals surface area contributed by atoms with Crippen LogP contribution in [0.2, 0.25) is 0 Å². The van der Waals surface area contributed by atoms with Gasteiger partial charge < -0.3 is 5.73 Å². The molecule has 0 saturated carbocycles. The predicted molar refractivity (Wildman–Crippen MR) is 61.4 cm³/mol. The Balaban J connectivity index is 2.22. The van der Waals surface area contributed by atoms with Crippen LogP contribution in [0.5, 0.6) is 0 Å². The number of nitrogens with two attached hydrogens (primary N) is 1. The maximum atomic E-state index is 7.32. The van der Waals surface area contributed by atoms with Crippen LogP contribution in [0.4, 0.5) is 0 Å². The molecule has 0 radical (unpaired) electrons. The summed E-state index contributed by atoms with van der Waals surface area (Å²) in [6, 6.07) is 5.19. The van der Waals surface area contributed by atoms with E-state index in [0.29, 0.717) is 10.7 Å². The molecular weight excluding hydrogens is 222 g/mol. The lowest BCUT2D eigenvalue weighted by Crippen LogP contribution is -2.11. The molecule has 0 unspecified atom stereocenters. The molecule has 0 aliphatic rings. The Morgan fingerprint density at radius 1 is 1.19 bits per heavy atom. The number of amidine groups is 1. The van der Waals surface area contributed by atoms with Gasteiger partial charge in [0.15, 0.2) is 5.16 Å². The lowest BCUT2D eigenvalue weighted by Gasteiger charge is -2.01. The Kier molecular flexibility index (Phi) is 3.11. The first-order valence-electron chi connectivity index (χ1n) is 4.51. The maximum absolute atomic E-state index is 7.32. The normalized spacial score (nSPS) is 10.0. The van der Waals surface area contributed by atoms with Crippen LogP contribution >= 0.6 is 11.8 Å². The summed E-state index contributed by atoms with van der Waals surface area (Å²) < 4.78 is 0. The van der Waals surface area contributed by atoms with Crippen molar-refractivity contribution < 1.29 is 0 Å². The van der Waals surface area contributed by atoms with Crippen molar-refractivity contribution in [2.45, 2.75) is 10.2 Å². The van der Waals surface area contributed by atoms with Gasteiger partial charge in [-0.05, 0) is 30.0 Å². The van der Waals surface area contributed by atoms with Crippen LogP contribution in [0, 0.1) is 5.41 Å². The van der Waals surface area contributed by atoms with Crippen molar-refractivity contribution in [3.63, 3.8) is 0 Å². The minimum atomic E-state index is 0.0261. The summed E-state index contributed by atoms with van der Waals surface area (Å²) in [4.78, 5) is 12.3. The Hall–Kier alpha value is -1.95. The minimum absolute atomic E-state index is 0.0261. The van der Waals surface area contributed by atoms with E-state index in [4.69, 9.17) is 11.1 Å². The molecular formula is C10H9N5S. The SMILES string of the molecule is N=C(N)c1ccnc(Sc2ncccn2)c1. The lowest BCUT2D eigenvalue weighted by atomic mass is 10.2. The van der Waals surface area contributed by atoms with Gasteiger partial charge in [-0.2, -0.15) is 0 Å². The molecule has 2 heterocycles. The first-order valence-corrected chi connectivity index (χ1v) is 5.32. The molecule has 0 aliphatic heterocycles. The minimum Gasteiger partial charge on any atom is -0.384 e. The summed E-state index contributed by atoms with van der Waals surface area (Å²) in [6.07, 6.45) is 4.95. The van der Waals surface area contributed by atoms with E-state index in [0.717, 1.165) is 5.03 Å². The van der Waals surface area contributed by atoms with Gasteiger partial charge in [0.1, 0.15) is 10.9 Å². The molecule has 0 aliphatic carbocycles. The van der Waals surface area contributed by atoms with Gasteiger partial charge in [-0.25, -0.2) is 15.0 Å². The van der Waals surface area contributed by atoms with Gasteiger partial charge in [0, 0.05) is 24.2 Å². The molecule has 16 heavy (non-hydrogen) atoms. The van der Waals surface area contributed by atoms with E-state index >= 15 is 0 Å². The van der Waals surface area contributed by atoms with Crippen LogP contribution < -0.4 is 5.73 Å². The average Bonchev–Trinajstić information content (AvgIpc) is 2.30. The Morgan fingerprint density at radius 3 is 2.62 bits per heavy atom. The second kappa shape index (κ2) is 4.71. The van der Waals surface area contributed by atoms with Crippen LogP contribution in [-0.2, 0) is 0 Å². The van der Waals surface area contributed by atoms with E-state index in [2.05, 4.69) is 15.0 Å². The zero-order valence-electron chi connectivity index (χ0n) is 8.29. The zero-order chi connectivity index (χ0) is 11.4. The molecule has 0 fully saturated rings. The fourth-order valence-corrected chi connectivity index (χ4v) is 1.78. The highest BCUT2D eigenvalue weighted by Crippen LogP contribution is 2.21. The van der Waals surface area contributed by atoms with E-state index in [1.807, 2.05) is 0 Å². The molecule has 0 bridgehead atoms. The van der Waals surface area contributed by atoms with Gasteiger partial charge in [0.05, 0.1) is 0 Å². The van der Waals surface area contributed by atoms with Crippen LogP contribution in [0.1, 0.15) is 5.56 Å². The fourth-order valence-electron chi connectivity index (χ4n) is 1.06. The number of hydrogen-bond donors (Lipinski definition) is 2. The van der Waals surface area contributed by atoms with Crippen molar-refractivity contribution in [2.75, 3.05) is 0 Å². The molecule has 6 heteroatoms. The Morgan fingerprint density at radius 2 is 1.94 bits per heavy atom. The number of aromatic nitrogens is 3. The number of nitrogen functional groups attached to an aromatic ring is 1. The van der Waals surface area contributed by atoms with Crippen molar-refractivity contribution in [3.8, 4) is 0 Å². The molecule has 0 spiro atoms. The van der Waals surface area contributed by atoms with Gasteiger partial charge in [-0.1, -0.05) is 0 Å². The van der Waals surface area contributed by atoms with E-state index < -0.39 is 0 Å². The molecule has 3 N–H and O–H groups in total. The third kappa shape index (κ3) is 2.54. The molecule has 80 valence electrons. The summed E-state index contributed by atoms with van der Waals surface area (Å²) in [5.41, 5.74) is 6.04. The summed E-state index contributed by atoms with van der Waals surface area (Å²) in [7, 11) is 0. The van der Waals surface area contributed by atoms with E-state index in [1.54, 1.807) is 36.8 Å². The molecule has 2 rings (SSSR count). The molecule has 0 saturated heterocycles. The molecule has 0 aromatic carbocycles. The number of nitrogens with one attached hydrogen (secondary N) is 1. The topological polar surface area (TPSA) is 88.5 Å². The second-order valence-corrected chi connectivity index (χ2v) is 3.92. The maximum Gasteiger partial charge on any atom is 0.193 e. The monoisotopic (exact) mass is 231 g/mol. The number of nitrogens with zero attached hydrogens (tertiary/aromatic N) is 3. The molecule has 2 aromatic rings. The van der Waals surface area contributed by atoms with Gasteiger partial charge in [0.2, 0.25) is 0 Å². The van der Waals surface area contributed by atoms with E-state index in [9.17, 15) is 0 Å². The third-order valence-corrected chi connectivity index (χ3v) is 2.61.